The highest BCUT2D eigenvalue weighted by molar-refractivity contribution is 7.47. The maximum atomic E-state index is 13.1. The van der Waals surface area contributed by atoms with E-state index in [1.165, 1.54) is 44.9 Å². The number of phosphoric ester groups is 2. The number of ether oxygens (including phenoxy) is 4. The summed E-state index contributed by atoms with van der Waals surface area (Å²) in [5.74, 6) is -2.23. The highest BCUT2D eigenvalue weighted by Crippen LogP contribution is 2.45. The summed E-state index contributed by atoms with van der Waals surface area (Å²) < 4.78 is 68.6. The van der Waals surface area contributed by atoms with E-state index >= 15 is 0 Å². The van der Waals surface area contributed by atoms with Crippen LogP contribution >= 0.6 is 15.6 Å². The van der Waals surface area contributed by atoms with Crippen molar-refractivity contribution in [1.82, 2.24) is 0 Å². The number of phosphoric acid groups is 2. The molecule has 0 aromatic rings. The van der Waals surface area contributed by atoms with Gasteiger partial charge in [0, 0.05) is 25.7 Å². The van der Waals surface area contributed by atoms with Crippen LogP contribution in [0.2, 0.25) is 0 Å². The molecule has 0 amide bonds. The monoisotopic (exact) mass is 1470 g/mol. The normalized spacial score (nSPS) is 14.5. The molecule has 0 radical (unpaired) electrons. The van der Waals surface area contributed by atoms with E-state index in [-0.39, 0.29) is 25.7 Å². The van der Waals surface area contributed by atoms with Crippen molar-refractivity contribution in [3.63, 3.8) is 0 Å². The SMILES string of the molecule is CC/C=C\C/C=C\C/C=C\C/C=C\CCCCCCCCC(=O)OCC(COP(=O)(O)OCC(O)COP(=O)(O)OCC(COC(=O)CCCCCCC/C=C\C/C=C\C/C=C\CC)OC(=O)CCCCCCC/C=C\CCCCCC)OC(=O)CCCCCCC/C=C\C/C=C\CCCCC. The largest absolute Gasteiger partial charge is 0.472 e. The molecule has 0 bridgehead atoms. The van der Waals surface area contributed by atoms with E-state index in [2.05, 4.69) is 149 Å². The Hall–Kier alpha value is -4.54. The standard InChI is InChI=1S/C83H142O17P2/c1-5-9-13-17-21-25-29-33-36-37-38-39-42-45-48-52-56-60-64-68-81(86)94-74-79(100-83(88)70-66-62-58-54-50-46-41-35-31-27-23-19-15-11-7-3)76-98-102(91,92)96-72-77(84)71-95-101(89,90)97-75-78(99-82(87)69-65-61-57-53-49-43-32-28-24-20-16-12-8-4)73-93-80(85)67-63-59-55-51-47-44-40-34-30-26-22-18-14-10-6-2/h9-10,13-14,21-23,25-28,32-36,38-41,77-79,84H,5-8,11-12,15-20,24,29-31,37,42-76H2,1-4H3,(H,89,90)(H,91,92)/b13-9-,14-10-,25-21-,26-22-,27-23-,32-28-,36-33-,39-38-,40-34-,41-35-. The molecule has 0 fully saturated rings. The van der Waals surface area contributed by atoms with E-state index in [0.29, 0.717) is 25.7 Å². The van der Waals surface area contributed by atoms with E-state index in [1.807, 2.05) is 0 Å². The van der Waals surface area contributed by atoms with Crippen LogP contribution in [-0.2, 0) is 65.4 Å². The lowest BCUT2D eigenvalue weighted by Gasteiger charge is -2.21. The third-order valence-electron chi connectivity index (χ3n) is 16.4. The number of allylic oxidation sites excluding steroid dienone is 20. The maximum Gasteiger partial charge on any atom is 0.472 e. The Morgan fingerprint density at radius 1 is 0.284 bits per heavy atom. The fourth-order valence-corrected chi connectivity index (χ4v) is 11.9. The molecule has 586 valence electrons. The van der Waals surface area contributed by atoms with Gasteiger partial charge in [-0.15, -0.1) is 0 Å². The second-order valence-corrected chi connectivity index (χ2v) is 29.1. The fraction of sp³-hybridized carbons (Fsp3) is 0.711. The van der Waals surface area contributed by atoms with Crippen LogP contribution in [-0.4, -0.2) is 96.7 Å². The maximum absolute atomic E-state index is 13.1. The Bertz CT molecular complexity index is 2410. The van der Waals surface area contributed by atoms with Crippen molar-refractivity contribution >= 4 is 39.5 Å². The van der Waals surface area contributed by atoms with E-state index < -0.39 is 97.5 Å². The number of carbonyl (C=O) groups excluding carboxylic acids is 4. The number of esters is 4. The number of aliphatic hydroxyl groups is 1. The van der Waals surface area contributed by atoms with E-state index in [0.717, 1.165) is 199 Å². The van der Waals surface area contributed by atoms with Gasteiger partial charge in [-0.25, -0.2) is 9.13 Å². The lowest BCUT2D eigenvalue weighted by Crippen LogP contribution is -2.30. The zero-order chi connectivity index (χ0) is 74.6. The van der Waals surface area contributed by atoms with Crippen molar-refractivity contribution in [3.05, 3.63) is 122 Å². The van der Waals surface area contributed by atoms with Gasteiger partial charge in [0.1, 0.15) is 19.3 Å². The van der Waals surface area contributed by atoms with E-state index in [4.69, 9.17) is 37.0 Å². The Labute approximate surface area is 619 Å². The molecule has 0 saturated heterocycles. The molecule has 0 aliphatic carbocycles. The predicted molar refractivity (Wildman–Crippen MR) is 418 cm³/mol. The Balaban J connectivity index is 5.38. The number of aliphatic hydroxyl groups excluding tert-OH is 1. The average molecular weight is 1470 g/mol. The summed E-state index contributed by atoms with van der Waals surface area (Å²) in [5, 5.41) is 10.6. The lowest BCUT2D eigenvalue weighted by atomic mass is 10.1. The highest BCUT2D eigenvalue weighted by Gasteiger charge is 2.30. The molecule has 0 aliphatic heterocycles. The summed E-state index contributed by atoms with van der Waals surface area (Å²) in [4.78, 5) is 73.0. The molecular formula is C83H142O17P2. The highest BCUT2D eigenvalue weighted by atomic mass is 31.2. The summed E-state index contributed by atoms with van der Waals surface area (Å²) in [6, 6.07) is 0. The summed E-state index contributed by atoms with van der Waals surface area (Å²) >= 11 is 0. The first kappa shape index (κ1) is 97.5. The van der Waals surface area contributed by atoms with Gasteiger partial charge in [-0.3, -0.25) is 37.3 Å². The second kappa shape index (κ2) is 74.7. The first-order valence-corrected chi connectivity index (χ1v) is 42.8. The van der Waals surface area contributed by atoms with Gasteiger partial charge < -0.3 is 33.8 Å². The van der Waals surface area contributed by atoms with Crippen LogP contribution in [0.25, 0.3) is 0 Å². The molecule has 5 atom stereocenters. The molecule has 0 heterocycles. The molecule has 0 rings (SSSR count). The van der Waals surface area contributed by atoms with Gasteiger partial charge in [-0.2, -0.15) is 0 Å². The van der Waals surface area contributed by atoms with Gasteiger partial charge in [0.2, 0.25) is 0 Å². The van der Waals surface area contributed by atoms with Crippen molar-refractivity contribution < 1.29 is 80.2 Å². The first-order valence-electron chi connectivity index (χ1n) is 39.8. The predicted octanol–water partition coefficient (Wildman–Crippen LogP) is 23.1. The Kier molecular flexibility index (Phi) is 71.4. The summed E-state index contributed by atoms with van der Waals surface area (Å²) in [6.45, 7) is 4.57. The molecule has 19 heteroatoms. The molecule has 0 aliphatic rings. The fourth-order valence-electron chi connectivity index (χ4n) is 10.4. The average Bonchev–Trinajstić information content (AvgIpc) is 0.924. The minimum atomic E-state index is -4.99. The van der Waals surface area contributed by atoms with Gasteiger partial charge in [-0.1, -0.05) is 265 Å². The Morgan fingerprint density at radius 2 is 0.510 bits per heavy atom. The topological polar surface area (TPSA) is 237 Å². The second-order valence-electron chi connectivity index (χ2n) is 26.2. The molecule has 5 unspecified atom stereocenters. The van der Waals surface area contributed by atoms with Gasteiger partial charge in [-0.05, 0) is 154 Å². The van der Waals surface area contributed by atoms with Crippen LogP contribution < -0.4 is 0 Å². The van der Waals surface area contributed by atoms with Gasteiger partial charge in [0.15, 0.2) is 12.2 Å². The van der Waals surface area contributed by atoms with Crippen LogP contribution in [0.1, 0.15) is 323 Å². The molecular weight excluding hydrogens is 1330 g/mol. The smallest absolute Gasteiger partial charge is 0.462 e. The minimum absolute atomic E-state index is 0.0734. The molecule has 0 aromatic heterocycles. The summed E-state index contributed by atoms with van der Waals surface area (Å²) in [5.41, 5.74) is 0. The lowest BCUT2D eigenvalue weighted by molar-refractivity contribution is -0.161. The van der Waals surface area contributed by atoms with Gasteiger partial charge >= 0.3 is 39.5 Å². The number of unbranched alkanes of at least 4 members (excludes halogenated alkanes) is 28. The molecule has 0 spiro atoms. The molecule has 17 nitrogen and oxygen atoms in total. The van der Waals surface area contributed by atoms with Crippen LogP contribution in [0, 0.1) is 0 Å². The number of hydrogen-bond donors (Lipinski definition) is 3. The van der Waals surface area contributed by atoms with Gasteiger partial charge in [0.25, 0.3) is 0 Å². The van der Waals surface area contributed by atoms with Crippen molar-refractivity contribution in [2.24, 2.45) is 0 Å². The molecule has 102 heavy (non-hydrogen) atoms. The summed E-state index contributed by atoms with van der Waals surface area (Å²) in [7, 11) is -9.97. The van der Waals surface area contributed by atoms with Crippen molar-refractivity contribution in [3.8, 4) is 0 Å². The van der Waals surface area contributed by atoms with Crippen LogP contribution in [0.4, 0.5) is 0 Å². The van der Waals surface area contributed by atoms with E-state index in [9.17, 15) is 43.2 Å². The first-order chi connectivity index (χ1) is 49.7. The van der Waals surface area contributed by atoms with Crippen molar-refractivity contribution in [2.75, 3.05) is 39.6 Å². The summed E-state index contributed by atoms with van der Waals surface area (Å²) in [6.07, 6.45) is 81.7. The third kappa shape index (κ3) is 73.8. The Morgan fingerprint density at radius 3 is 0.814 bits per heavy atom. The number of hydrogen-bond acceptors (Lipinski definition) is 15. The minimum Gasteiger partial charge on any atom is -0.462 e. The molecule has 3 N–H and O–H groups in total. The number of rotatable bonds is 74. The van der Waals surface area contributed by atoms with Crippen molar-refractivity contribution in [2.45, 2.75) is 341 Å². The zero-order valence-corrected chi connectivity index (χ0v) is 65.8. The van der Waals surface area contributed by atoms with Gasteiger partial charge in [0.05, 0.1) is 26.4 Å². The third-order valence-corrected chi connectivity index (χ3v) is 18.3. The number of carbonyl (C=O) groups is 4. The van der Waals surface area contributed by atoms with Crippen molar-refractivity contribution in [1.29, 1.82) is 0 Å². The van der Waals surface area contributed by atoms with E-state index in [1.54, 1.807) is 0 Å². The zero-order valence-electron chi connectivity index (χ0n) is 64.0. The molecule has 0 saturated carbocycles. The molecule has 0 aromatic carbocycles. The van der Waals surface area contributed by atoms with Crippen LogP contribution in [0.5, 0.6) is 0 Å². The van der Waals surface area contributed by atoms with Crippen LogP contribution in [0.15, 0.2) is 122 Å². The quantitative estimate of drug-likeness (QED) is 0.0169. The van der Waals surface area contributed by atoms with Crippen LogP contribution in [0.3, 0.4) is 0 Å².